The Morgan fingerprint density at radius 3 is 2.63 bits per heavy atom. The van der Waals surface area contributed by atoms with Crippen LogP contribution in [0, 0.1) is 10.1 Å². The van der Waals surface area contributed by atoms with Crippen LogP contribution in [0.5, 0.6) is 0 Å². The molecule has 6 heteroatoms. The topological polar surface area (TPSA) is 84.3 Å². The molecule has 0 aliphatic carbocycles. The molecular weight excluding hydrogens is 246 g/mol. The number of carbonyl (C=O) groups is 1. The second-order valence-electron chi connectivity index (χ2n) is 3.94. The van der Waals surface area contributed by atoms with Gasteiger partial charge in [0.1, 0.15) is 0 Å². The van der Waals surface area contributed by atoms with Crippen molar-refractivity contribution in [3.8, 4) is 0 Å². The number of carbonyl (C=O) groups excluding carboxylic acids is 1. The number of nitrogens with zero attached hydrogens (tertiary/aromatic N) is 1. The molecule has 1 aromatic rings. The van der Waals surface area contributed by atoms with Gasteiger partial charge in [0.2, 0.25) is 5.91 Å². The lowest BCUT2D eigenvalue weighted by molar-refractivity contribution is -0.384. The van der Waals surface area contributed by atoms with Gasteiger partial charge in [-0.1, -0.05) is 18.2 Å². The SMILES string of the molecule is C=CCNCC(=O)NCCc1ccc([N+](=O)[O-])cc1. The minimum Gasteiger partial charge on any atom is -0.355 e. The number of benzene rings is 1. The number of nitro benzene ring substituents is 1. The molecule has 6 nitrogen and oxygen atoms in total. The number of non-ortho nitro benzene ring substituents is 1. The van der Waals surface area contributed by atoms with Crippen molar-refractivity contribution in [2.24, 2.45) is 0 Å². The predicted octanol–water partition coefficient (Wildman–Crippen LogP) is 1.03. The van der Waals surface area contributed by atoms with Crippen molar-refractivity contribution in [2.45, 2.75) is 6.42 Å². The van der Waals surface area contributed by atoms with Crippen molar-refractivity contribution in [3.05, 3.63) is 52.6 Å². The molecule has 0 bridgehead atoms. The number of nitro groups is 1. The molecule has 1 amide bonds. The third kappa shape index (κ3) is 5.78. The van der Waals surface area contributed by atoms with Gasteiger partial charge in [0.15, 0.2) is 0 Å². The van der Waals surface area contributed by atoms with Gasteiger partial charge < -0.3 is 10.6 Å². The molecule has 1 rings (SSSR count). The summed E-state index contributed by atoms with van der Waals surface area (Å²) in [4.78, 5) is 21.4. The Hall–Kier alpha value is -2.21. The van der Waals surface area contributed by atoms with Crippen LogP contribution in [0.25, 0.3) is 0 Å². The fraction of sp³-hybridized carbons (Fsp3) is 0.308. The van der Waals surface area contributed by atoms with Gasteiger partial charge in [-0.3, -0.25) is 14.9 Å². The third-order valence-electron chi connectivity index (χ3n) is 2.46. The van der Waals surface area contributed by atoms with Gasteiger partial charge in [-0.15, -0.1) is 6.58 Å². The zero-order valence-electron chi connectivity index (χ0n) is 10.6. The Morgan fingerprint density at radius 1 is 1.37 bits per heavy atom. The average molecular weight is 263 g/mol. The van der Waals surface area contributed by atoms with E-state index in [1.807, 2.05) is 0 Å². The third-order valence-corrected chi connectivity index (χ3v) is 2.46. The summed E-state index contributed by atoms with van der Waals surface area (Å²) < 4.78 is 0. The summed E-state index contributed by atoms with van der Waals surface area (Å²) in [7, 11) is 0. The number of hydrogen-bond acceptors (Lipinski definition) is 4. The molecule has 19 heavy (non-hydrogen) atoms. The predicted molar refractivity (Wildman–Crippen MR) is 72.9 cm³/mol. The normalized spacial score (nSPS) is 9.89. The first-order valence-corrected chi connectivity index (χ1v) is 5.95. The second-order valence-corrected chi connectivity index (χ2v) is 3.94. The van der Waals surface area contributed by atoms with Crippen molar-refractivity contribution >= 4 is 11.6 Å². The lowest BCUT2D eigenvalue weighted by Crippen LogP contribution is -2.34. The second kappa shape index (κ2) is 7.99. The van der Waals surface area contributed by atoms with Gasteiger partial charge in [-0.25, -0.2) is 0 Å². The fourth-order valence-electron chi connectivity index (χ4n) is 1.48. The number of hydrogen-bond donors (Lipinski definition) is 2. The number of nitrogens with one attached hydrogen (secondary N) is 2. The van der Waals surface area contributed by atoms with Crippen LogP contribution in [0.3, 0.4) is 0 Å². The highest BCUT2D eigenvalue weighted by atomic mass is 16.6. The van der Waals surface area contributed by atoms with Crippen LogP contribution in [0.15, 0.2) is 36.9 Å². The van der Waals surface area contributed by atoms with E-state index in [1.165, 1.54) is 12.1 Å². The van der Waals surface area contributed by atoms with E-state index in [0.717, 1.165) is 5.56 Å². The molecule has 0 atom stereocenters. The highest BCUT2D eigenvalue weighted by Gasteiger charge is 2.04. The summed E-state index contributed by atoms with van der Waals surface area (Å²) in [5, 5.41) is 16.1. The van der Waals surface area contributed by atoms with Crippen LogP contribution in [-0.2, 0) is 11.2 Å². The van der Waals surface area contributed by atoms with E-state index in [1.54, 1.807) is 18.2 Å². The highest BCUT2D eigenvalue weighted by Crippen LogP contribution is 2.11. The van der Waals surface area contributed by atoms with E-state index in [-0.39, 0.29) is 18.1 Å². The lowest BCUT2D eigenvalue weighted by atomic mass is 10.1. The molecule has 0 aliphatic rings. The summed E-state index contributed by atoms with van der Waals surface area (Å²) in [6.45, 7) is 4.89. The van der Waals surface area contributed by atoms with E-state index < -0.39 is 4.92 Å². The molecule has 0 unspecified atom stereocenters. The molecule has 0 saturated heterocycles. The number of rotatable bonds is 8. The smallest absolute Gasteiger partial charge is 0.269 e. The van der Waals surface area contributed by atoms with Crippen LogP contribution in [0.4, 0.5) is 5.69 Å². The Kier molecular flexibility index (Phi) is 6.25. The van der Waals surface area contributed by atoms with Crippen LogP contribution >= 0.6 is 0 Å². The Morgan fingerprint density at radius 2 is 2.05 bits per heavy atom. The molecule has 0 heterocycles. The van der Waals surface area contributed by atoms with E-state index in [4.69, 9.17) is 0 Å². The number of amides is 1. The van der Waals surface area contributed by atoms with Crippen LogP contribution in [-0.4, -0.2) is 30.5 Å². The first-order chi connectivity index (χ1) is 9.13. The van der Waals surface area contributed by atoms with Gasteiger partial charge in [-0.2, -0.15) is 0 Å². The molecule has 102 valence electrons. The van der Waals surface area contributed by atoms with Crippen LogP contribution in [0.1, 0.15) is 5.56 Å². The Bertz CT molecular complexity index is 443. The van der Waals surface area contributed by atoms with E-state index in [2.05, 4.69) is 17.2 Å². The molecule has 2 N–H and O–H groups in total. The maximum absolute atomic E-state index is 11.4. The molecule has 0 saturated carbocycles. The van der Waals surface area contributed by atoms with Crippen LogP contribution < -0.4 is 10.6 Å². The van der Waals surface area contributed by atoms with Crippen molar-refractivity contribution < 1.29 is 9.72 Å². The van der Waals surface area contributed by atoms with Gasteiger partial charge in [0, 0.05) is 25.2 Å². The summed E-state index contributed by atoms with van der Waals surface area (Å²) in [6.07, 6.45) is 2.33. The van der Waals surface area contributed by atoms with E-state index >= 15 is 0 Å². The van der Waals surface area contributed by atoms with E-state index in [9.17, 15) is 14.9 Å². The average Bonchev–Trinajstić information content (AvgIpc) is 2.39. The summed E-state index contributed by atoms with van der Waals surface area (Å²) >= 11 is 0. The van der Waals surface area contributed by atoms with Gasteiger partial charge >= 0.3 is 0 Å². The first kappa shape index (κ1) is 14.8. The zero-order valence-corrected chi connectivity index (χ0v) is 10.6. The summed E-state index contributed by atoms with van der Waals surface area (Å²) in [5.41, 5.74) is 1.02. The molecule has 0 aromatic heterocycles. The Labute approximate surface area is 111 Å². The minimum absolute atomic E-state index is 0.0708. The molecule has 0 aliphatic heterocycles. The highest BCUT2D eigenvalue weighted by molar-refractivity contribution is 5.77. The van der Waals surface area contributed by atoms with Crippen molar-refractivity contribution in [1.82, 2.24) is 10.6 Å². The summed E-state index contributed by atoms with van der Waals surface area (Å²) in [5.74, 6) is -0.0799. The van der Waals surface area contributed by atoms with E-state index in [0.29, 0.717) is 19.5 Å². The molecular formula is C13H17N3O3. The van der Waals surface area contributed by atoms with Gasteiger partial charge in [0.25, 0.3) is 5.69 Å². The van der Waals surface area contributed by atoms with Crippen molar-refractivity contribution in [3.63, 3.8) is 0 Å². The van der Waals surface area contributed by atoms with Crippen molar-refractivity contribution in [1.29, 1.82) is 0 Å². The minimum atomic E-state index is -0.434. The molecule has 0 spiro atoms. The van der Waals surface area contributed by atoms with Gasteiger partial charge in [-0.05, 0) is 12.0 Å². The molecule has 1 aromatic carbocycles. The van der Waals surface area contributed by atoms with Gasteiger partial charge in [0.05, 0.1) is 11.5 Å². The molecule has 0 radical (unpaired) electrons. The maximum Gasteiger partial charge on any atom is 0.269 e. The summed E-state index contributed by atoms with van der Waals surface area (Å²) in [6, 6.07) is 6.31. The quantitative estimate of drug-likeness (QED) is 0.317. The Balaban J connectivity index is 2.27. The first-order valence-electron chi connectivity index (χ1n) is 5.95. The maximum atomic E-state index is 11.4. The fourth-order valence-corrected chi connectivity index (χ4v) is 1.48. The van der Waals surface area contributed by atoms with Crippen molar-refractivity contribution in [2.75, 3.05) is 19.6 Å². The largest absolute Gasteiger partial charge is 0.355 e. The monoisotopic (exact) mass is 263 g/mol. The lowest BCUT2D eigenvalue weighted by Gasteiger charge is -2.05. The zero-order chi connectivity index (χ0) is 14.1. The molecule has 0 fully saturated rings. The van der Waals surface area contributed by atoms with Crippen LogP contribution in [0.2, 0.25) is 0 Å². The standard InChI is InChI=1S/C13H17N3O3/c1-2-8-14-10-13(17)15-9-7-11-3-5-12(6-4-11)16(18)19/h2-6,14H,1,7-10H2,(H,15,17).